The number of fused-ring (bicyclic) bond motifs is 1. The van der Waals surface area contributed by atoms with E-state index >= 15 is 0 Å². The van der Waals surface area contributed by atoms with Crippen molar-refractivity contribution >= 4 is 39.8 Å². The zero-order valence-corrected chi connectivity index (χ0v) is 22.7. The van der Waals surface area contributed by atoms with Gasteiger partial charge >= 0.3 is 0 Å². The number of anilines is 2. The van der Waals surface area contributed by atoms with Crippen LogP contribution in [-0.2, 0) is 14.3 Å². The number of hydrogen-bond acceptors (Lipinski definition) is 7. The molecule has 1 amide bonds. The maximum absolute atomic E-state index is 13.1. The van der Waals surface area contributed by atoms with Crippen LogP contribution in [0.25, 0.3) is 10.8 Å². The number of nitrogens with one attached hydrogen (secondary N) is 1. The number of hydrogen-bond donors (Lipinski definition) is 2. The number of pyridine rings is 1. The summed E-state index contributed by atoms with van der Waals surface area (Å²) in [6, 6.07) is 5.99. The molecular formula is C28H37ClN4O4. The highest BCUT2D eigenvalue weighted by Crippen LogP contribution is 2.62. The second-order valence-electron chi connectivity index (χ2n) is 12.2. The molecule has 3 aliphatic heterocycles. The van der Waals surface area contributed by atoms with Gasteiger partial charge in [0, 0.05) is 50.3 Å². The van der Waals surface area contributed by atoms with E-state index in [9.17, 15) is 9.90 Å². The van der Waals surface area contributed by atoms with Crippen molar-refractivity contribution < 1.29 is 19.4 Å². The molecule has 1 spiro atoms. The molecule has 4 aliphatic rings. The Morgan fingerprint density at radius 3 is 2.65 bits per heavy atom. The average molecular weight is 529 g/mol. The zero-order valence-electron chi connectivity index (χ0n) is 21.9. The highest BCUT2D eigenvalue weighted by atomic mass is 35.5. The number of carbonyl (C=O) groups is 1. The van der Waals surface area contributed by atoms with Crippen LogP contribution in [0.3, 0.4) is 0 Å². The standard InChI is InChI=1S/C28H37ClN4O4/c1-26(2)16-28(4-9-37-26)13-20(28)25(35)31-24-12-18-11-22(21(29)10-19(18)14-30-24)32-5-7-33(8-6-32)27(3)17-36-15-23(27)34/h10-12,14,20,23,34H,4-9,13,15-17H2,1-3H3,(H,30,31,35)/t20-,23-,27+,28-/m0/s1. The molecular weight excluding hydrogens is 492 g/mol. The predicted octanol–water partition coefficient (Wildman–Crippen LogP) is 3.69. The third kappa shape index (κ3) is 4.61. The van der Waals surface area contributed by atoms with Crippen LogP contribution in [0.4, 0.5) is 11.5 Å². The average Bonchev–Trinajstić information content (AvgIpc) is 3.42. The Morgan fingerprint density at radius 1 is 1.16 bits per heavy atom. The van der Waals surface area contributed by atoms with Gasteiger partial charge in [-0.25, -0.2) is 4.98 Å². The van der Waals surface area contributed by atoms with E-state index in [4.69, 9.17) is 21.1 Å². The van der Waals surface area contributed by atoms with Gasteiger partial charge in [-0.1, -0.05) is 11.6 Å². The number of carbonyl (C=O) groups excluding carboxylic acids is 1. The quantitative estimate of drug-likeness (QED) is 0.625. The van der Waals surface area contributed by atoms with Crippen molar-refractivity contribution in [1.82, 2.24) is 9.88 Å². The van der Waals surface area contributed by atoms with E-state index in [-0.39, 0.29) is 28.4 Å². The van der Waals surface area contributed by atoms with Gasteiger partial charge in [0.1, 0.15) is 5.82 Å². The molecule has 8 nitrogen and oxygen atoms in total. The monoisotopic (exact) mass is 528 g/mol. The number of amides is 1. The lowest BCUT2D eigenvalue weighted by molar-refractivity contribution is -0.120. The van der Waals surface area contributed by atoms with Crippen molar-refractivity contribution in [2.45, 2.75) is 57.3 Å². The lowest BCUT2D eigenvalue weighted by atomic mass is 9.83. The van der Waals surface area contributed by atoms with Gasteiger partial charge in [0.15, 0.2) is 0 Å². The van der Waals surface area contributed by atoms with Gasteiger partial charge in [-0.05, 0) is 69.0 Å². The maximum Gasteiger partial charge on any atom is 0.229 e. The van der Waals surface area contributed by atoms with Crippen LogP contribution in [-0.4, -0.2) is 84.1 Å². The van der Waals surface area contributed by atoms with Crippen LogP contribution in [0.2, 0.25) is 5.02 Å². The van der Waals surface area contributed by atoms with Gasteiger partial charge < -0.3 is 24.8 Å². The SMILES string of the molecule is CC1(C)C[C@]2(CCO1)C[C@H]2C(=O)Nc1cc2cc(N3CCN([C@]4(C)COC[C@@H]4O)CC3)c(Cl)cc2cn1. The summed E-state index contributed by atoms with van der Waals surface area (Å²) in [5.74, 6) is 0.657. The summed E-state index contributed by atoms with van der Waals surface area (Å²) >= 11 is 6.71. The highest BCUT2D eigenvalue weighted by Gasteiger charge is 2.61. The molecule has 3 saturated heterocycles. The lowest BCUT2D eigenvalue weighted by Crippen LogP contribution is -2.60. The molecule has 37 heavy (non-hydrogen) atoms. The van der Waals surface area contributed by atoms with Crippen molar-refractivity contribution in [3.8, 4) is 0 Å². The van der Waals surface area contributed by atoms with Crippen LogP contribution >= 0.6 is 11.6 Å². The molecule has 1 aromatic heterocycles. The number of aliphatic hydroxyl groups is 1. The van der Waals surface area contributed by atoms with Gasteiger partial charge in [-0.3, -0.25) is 9.69 Å². The zero-order chi connectivity index (χ0) is 26.0. The molecule has 1 aromatic carbocycles. The minimum absolute atomic E-state index is 0.0240. The van der Waals surface area contributed by atoms with E-state index in [1.54, 1.807) is 6.20 Å². The molecule has 4 fully saturated rings. The Bertz CT molecular complexity index is 1220. The Labute approximate surface area is 223 Å². The minimum atomic E-state index is -0.465. The molecule has 1 aliphatic carbocycles. The van der Waals surface area contributed by atoms with Crippen LogP contribution < -0.4 is 10.2 Å². The van der Waals surface area contributed by atoms with Gasteiger partial charge in [-0.15, -0.1) is 0 Å². The van der Waals surface area contributed by atoms with E-state index in [0.29, 0.717) is 24.1 Å². The third-order valence-corrected chi connectivity index (χ3v) is 9.45. The first-order chi connectivity index (χ1) is 17.6. The Hall–Kier alpha value is -1.97. The van der Waals surface area contributed by atoms with E-state index in [0.717, 1.165) is 68.5 Å². The summed E-state index contributed by atoms with van der Waals surface area (Å²) in [5, 5.41) is 16.1. The predicted molar refractivity (Wildman–Crippen MR) is 144 cm³/mol. The topological polar surface area (TPSA) is 87.2 Å². The molecule has 4 heterocycles. The fraction of sp³-hybridized carbons (Fsp3) is 0.643. The largest absolute Gasteiger partial charge is 0.389 e. The van der Waals surface area contributed by atoms with Crippen molar-refractivity contribution in [3.05, 3.63) is 29.4 Å². The summed E-state index contributed by atoms with van der Waals surface area (Å²) in [6.45, 7) is 11.3. The third-order valence-electron chi connectivity index (χ3n) is 9.15. The first kappa shape index (κ1) is 25.3. The molecule has 0 bridgehead atoms. The van der Waals surface area contributed by atoms with E-state index in [1.165, 1.54) is 0 Å². The lowest BCUT2D eigenvalue weighted by Gasteiger charge is -2.45. The number of piperazine rings is 1. The highest BCUT2D eigenvalue weighted by molar-refractivity contribution is 6.34. The Balaban J connectivity index is 1.15. The van der Waals surface area contributed by atoms with Crippen molar-refractivity contribution in [2.75, 3.05) is 56.2 Å². The molecule has 4 atom stereocenters. The summed E-state index contributed by atoms with van der Waals surface area (Å²) in [6.07, 6.45) is 4.10. The van der Waals surface area contributed by atoms with Crippen LogP contribution in [0.5, 0.6) is 0 Å². The first-order valence-corrected chi connectivity index (χ1v) is 13.8. The van der Waals surface area contributed by atoms with Crippen LogP contribution in [0, 0.1) is 11.3 Å². The molecule has 200 valence electrons. The van der Waals surface area contributed by atoms with Crippen molar-refractivity contribution in [3.63, 3.8) is 0 Å². The molecule has 1 saturated carbocycles. The number of ether oxygens (including phenoxy) is 2. The number of nitrogens with zero attached hydrogens (tertiary/aromatic N) is 3. The van der Waals surface area contributed by atoms with Crippen LogP contribution in [0.1, 0.15) is 40.0 Å². The molecule has 6 rings (SSSR count). The maximum atomic E-state index is 13.1. The smallest absolute Gasteiger partial charge is 0.229 e. The number of benzene rings is 1. The Morgan fingerprint density at radius 2 is 1.95 bits per heavy atom. The summed E-state index contributed by atoms with van der Waals surface area (Å²) in [5.41, 5.74) is 0.552. The Kier molecular flexibility index (Phi) is 6.20. The van der Waals surface area contributed by atoms with Gasteiger partial charge in [0.05, 0.1) is 41.2 Å². The second-order valence-corrected chi connectivity index (χ2v) is 12.6. The first-order valence-electron chi connectivity index (χ1n) is 13.4. The van der Waals surface area contributed by atoms with Crippen molar-refractivity contribution in [1.29, 1.82) is 0 Å². The number of halogens is 1. The molecule has 2 N–H and O–H groups in total. The fourth-order valence-corrected chi connectivity index (χ4v) is 7.09. The van der Waals surface area contributed by atoms with E-state index in [1.807, 2.05) is 12.1 Å². The number of aromatic nitrogens is 1. The molecule has 9 heteroatoms. The van der Waals surface area contributed by atoms with E-state index < -0.39 is 6.10 Å². The molecule has 2 aromatic rings. The summed E-state index contributed by atoms with van der Waals surface area (Å²) in [4.78, 5) is 22.2. The van der Waals surface area contributed by atoms with E-state index in [2.05, 4.69) is 46.9 Å². The molecule has 0 radical (unpaired) electrons. The second kappa shape index (κ2) is 9.06. The summed E-state index contributed by atoms with van der Waals surface area (Å²) < 4.78 is 11.4. The molecule has 0 unspecified atom stereocenters. The van der Waals surface area contributed by atoms with Gasteiger partial charge in [0.2, 0.25) is 5.91 Å². The van der Waals surface area contributed by atoms with Crippen molar-refractivity contribution in [2.24, 2.45) is 11.3 Å². The fourth-order valence-electron chi connectivity index (χ4n) is 6.80. The van der Waals surface area contributed by atoms with Crippen LogP contribution in [0.15, 0.2) is 24.4 Å². The number of aliphatic hydroxyl groups excluding tert-OH is 1. The van der Waals surface area contributed by atoms with Gasteiger partial charge in [-0.2, -0.15) is 0 Å². The number of rotatable bonds is 4. The summed E-state index contributed by atoms with van der Waals surface area (Å²) in [7, 11) is 0. The van der Waals surface area contributed by atoms with Gasteiger partial charge in [0.25, 0.3) is 0 Å². The minimum Gasteiger partial charge on any atom is -0.389 e. The normalized spacial score (nSPS) is 33.7.